The number of methoxy groups -OCH3 is 1. The molecule has 3 rings (SSSR count). The molecule has 0 aromatic heterocycles. The van der Waals surface area contributed by atoms with Crippen molar-refractivity contribution < 1.29 is 28.6 Å². The molecule has 0 radical (unpaired) electrons. The molecule has 0 N–H and O–H groups in total. The van der Waals surface area contributed by atoms with Gasteiger partial charge in [-0.1, -0.05) is 15.9 Å². The topological polar surface area (TPSA) is 82.1 Å². The number of ether oxygens (including phenoxy) is 3. The highest BCUT2D eigenvalue weighted by atomic mass is 79.9. The monoisotopic (exact) mass is 413 g/mol. The number of amides is 2. The number of halogens is 1. The van der Waals surface area contributed by atoms with Gasteiger partial charge in [0.05, 0.1) is 11.4 Å². The summed E-state index contributed by atoms with van der Waals surface area (Å²) in [6.07, 6.45) is 1.58. The molecule has 0 spiro atoms. The number of fused-ring (bicyclic) bond motifs is 1. The smallest absolute Gasteiger partial charge is 0.293 e. The predicted molar refractivity (Wildman–Crippen MR) is 89.8 cm³/mol. The maximum atomic E-state index is 12.4. The largest absolute Gasteiger partial charge is 0.454 e. The first kappa shape index (κ1) is 17.0. The van der Waals surface area contributed by atoms with E-state index in [4.69, 9.17) is 14.2 Å². The van der Waals surface area contributed by atoms with E-state index in [1.54, 1.807) is 18.2 Å². The number of hydrogen-bond donors (Lipinski definition) is 0. The molecule has 1 fully saturated rings. The van der Waals surface area contributed by atoms with Gasteiger partial charge in [-0.05, 0) is 35.5 Å². The van der Waals surface area contributed by atoms with Crippen LogP contribution in [-0.2, 0) is 14.3 Å². The standard InChI is InChI=1S/C15H12BrNO6S/c1-21-6-9(18)5-17-14(19)13(24-15(17)20)3-8-2-11-12(4-10(8)16)23-7-22-11/h2-4H,5-7H2,1H3/b13-3-. The summed E-state index contributed by atoms with van der Waals surface area (Å²) in [6.45, 7) is -0.296. The van der Waals surface area contributed by atoms with E-state index in [-0.39, 0.29) is 30.6 Å². The molecular formula is C15H12BrNO6S. The second-order valence-corrected chi connectivity index (χ2v) is 6.81. The van der Waals surface area contributed by atoms with Crippen molar-refractivity contribution in [2.24, 2.45) is 0 Å². The molecule has 0 saturated carbocycles. The van der Waals surface area contributed by atoms with Crippen molar-refractivity contribution >= 4 is 50.7 Å². The molecule has 7 nitrogen and oxygen atoms in total. The summed E-state index contributed by atoms with van der Waals surface area (Å²) < 4.78 is 16.0. The number of rotatable bonds is 5. The molecule has 24 heavy (non-hydrogen) atoms. The van der Waals surface area contributed by atoms with Gasteiger partial charge in [-0.15, -0.1) is 0 Å². The molecule has 2 aliphatic rings. The molecule has 2 amide bonds. The molecule has 1 saturated heterocycles. The van der Waals surface area contributed by atoms with Crippen molar-refractivity contribution in [1.29, 1.82) is 0 Å². The predicted octanol–water partition coefficient (Wildman–Crippen LogP) is 2.43. The summed E-state index contributed by atoms with van der Waals surface area (Å²) in [5, 5.41) is -0.479. The molecule has 2 heterocycles. The minimum absolute atomic E-state index is 0.142. The van der Waals surface area contributed by atoms with Crippen molar-refractivity contribution in [2.75, 3.05) is 27.1 Å². The summed E-state index contributed by atoms with van der Waals surface area (Å²) in [7, 11) is 1.38. The van der Waals surface area contributed by atoms with Gasteiger partial charge >= 0.3 is 0 Å². The zero-order chi connectivity index (χ0) is 17.3. The first-order chi connectivity index (χ1) is 11.5. The van der Waals surface area contributed by atoms with Crippen LogP contribution in [0.5, 0.6) is 11.5 Å². The summed E-state index contributed by atoms with van der Waals surface area (Å²) in [6, 6.07) is 3.46. The summed E-state index contributed by atoms with van der Waals surface area (Å²) >= 11 is 4.19. The Morgan fingerprint density at radius 2 is 2.08 bits per heavy atom. The Morgan fingerprint density at radius 3 is 2.79 bits per heavy atom. The fourth-order valence-corrected chi connectivity index (χ4v) is 3.47. The molecule has 126 valence electrons. The van der Waals surface area contributed by atoms with Crippen LogP contribution >= 0.6 is 27.7 Å². The summed E-state index contributed by atoms with van der Waals surface area (Å²) in [4.78, 5) is 37.1. The van der Waals surface area contributed by atoms with Crippen molar-refractivity contribution in [3.8, 4) is 11.5 Å². The molecule has 0 bridgehead atoms. The van der Waals surface area contributed by atoms with E-state index in [0.717, 1.165) is 16.7 Å². The van der Waals surface area contributed by atoms with Gasteiger partial charge in [-0.2, -0.15) is 0 Å². The maximum absolute atomic E-state index is 12.4. The van der Waals surface area contributed by atoms with E-state index in [1.807, 2.05) is 0 Å². The SMILES string of the molecule is COCC(=O)CN1C(=O)S/C(=C\c2cc3c(cc2Br)OCO3)C1=O. The molecule has 0 aliphatic carbocycles. The number of carbonyl (C=O) groups excluding carboxylic acids is 3. The third-order valence-electron chi connectivity index (χ3n) is 3.29. The van der Waals surface area contributed by atoms with Crippen LogP contribution in [0.3, 0.4) is 0 Å². The third-order valence-corrected chi connectivity index (χ3v) is 4.89. The van der Waals surface area contributed by atoms with Crippen LogP contribution in [0.15, 0.2) is 21.5 Å². The van der Waals surface area contributed by atoms with Gasteiger partial charge in [-0.25, -0.2) is 0 Å². The first-order valence-corrected chi connectivity index (χ1v) is 8.45. The van der Waals surface area contributed by atoms with Crippen LogP contribution in [-0.4, -0.2) is 48.9 Å². The zero-order valence-corrected chi connectivity index (χ0v) is 14.9. The summed E-state index contributed by atoms with van der Waals surface area (Å²) in [5.74, 6) is 0.334. The Morgan fingerprint density at radius 1 is 1.38 bits per heavy atom. The van der Waals surface area contributed by atoms with Crippen LogP contribution in [0.25, 0.3) is 6.08 Å². The quantitative estimate of drug-likeness (QED) is 0.685. The van der Waals surface area contributed by atoms with Gasteiger partial charge in [0.15, 0.2) is 17.3 Å². The van der Waals surface area contributed by atoms with Gasteiger partial charge < -0.3 is 14.2 Å². The minimum atomic E-state index is -0.501. The lowest BCUT2D eigenvalue weighted by Gasteiger charge is -2.10. The van der Waals surface area contributed by atoms with Crippen LogP contribution in [0.1, 0.15) is 5.56 Å². The number of thioether (sulfide) groups is 1. The zero-order valence-electron chi connectivity index (χ0n) is 12.5. The Labute approximate surface area is 150 Å². The fourth-order valence-electron chi connectivity index (χ4n) is 2.20. The lowest BCUT2D eigenvalue weighted by Crippen LogP contribution is -2.35. The van der Waals surface area contributed by atoms with Crippen LogP contribution in [0.2, 0.25) is 0 Å². The number of benzene rings is 1. The van der Waals surface area contributed by atoms with E-state index < -0.39 is 11.1 Å². The normalized spacial score (nSPS) is 17.9. The van der Waals surface area contributed by atoms with E-state index in [2.05, 4.69) is 15.9 Å². The van der Waals surface area contributed by atoms with Crippen molar-refractivity contribution in [1.82, 2.24) is 4.90 Å². The van der Waals surface area contributed by atoms with E-state index >= 15 is 0 Å². The fraction of sp³-hybridized carbons (Fsp3) is 0.267. The highest BCUT2D eigenvalue weighted by Gasteiger charge is 2.36. The lowest BCUT2D eigenvalue weighted by atomic mass is 10.2. The van der Waals surface area contributed by atoms with Gasteiger partial charge in [0.2, 0.25) is 6.79 Å². The number of ketones is 1. The highest BCUT2D eigenvalue weighted by Crippen LogP contribution is 2.39. The van der Waals surface area contributed by atoms with E-state index in [1.165, 1.54) is 7.11 Å². The number of imide groups is 1. The summed E-state index contributed by atoms with van der Waals surface area (Å²) in [5.41, 5.74) is 0.674. The van der Waals surface area contributed by atoms with E-state index in [0.29, 0.717) is 21.5 Å². The average molecular weight is 414 g/mol. The molecule has 1 aromatic carbocycles. The Hall–Kier alpha value is -1.84. The van der Waals surface area contributed by atoms with Gasteiger partial charge in [0.25, 0.3) is 11.1 Å². The Kier molecular flexibility index (Phi) is 4.93. The number of Topliss-reactive ketones (excluding diaryl/α,β-unsaturated/α-hetero) is 1. The molecule has 2 aliphatic heterocycles. The van der Waals surface area contributed by atoms with E-state index in [9.17, 15) is 14.4 Å². The molecule has 0 atom stereocenters. The van der Waals surface area contributed by atoms with Gasteiger partial charge in [0, 0.05) is 11.6 Å². The van der Waals surface area contributed by atoms with Crippen LogP contribution < -0.4 is 9.47 Å². The van der Waals surface area contributed by atoms with Crippen LogP contribution in [0.4, 0.5) is 4.79 Å². The van der Waals surface area contributed by atoms with Crippen molar-refractivity contribution in [3.63, 3.8) is 0 Å². The molecule has 9 heteroatoms. The highest BCUT2D eigenvalue weighted by molar-refractivity contribution is 9.10. The second kappa shape index (κ2) is 6.96. The maximum Gasteiger partial charge on any atom is 0.293 e. The Balaban J connectivity index is 1.83. The second-order valence-electron chi connectivity index (χ2n) is 4.97. The van der Waals surface area contributed by atoms with Gasteiger partial charge in [0.1, 0.15) is 6.61 Å². The number of nitrogens with zero attached hydrogens (tertiary/aromatic N) is 1. The van der Waals surface area contributed by atoms with Gasteiger partial charge in [-0.3, -0.25) is 19.3 Å². The Bertz CT molecular complexity index is 763. The average Bonchev–Trinajstić information content (AvgIpc) is 3.07. The number of hydrogen-bond acceptors (Lipinski definition) is 7. The number of carbonyl (C=O) groups is 3. The molecule has 1 aromatic rings. The lowest BCUT2D eigenvalue weighted by molar-refractivity contribution is -0.130. The molecule has 0 unspecified atom stereocenters. The minimum Gasteiger partial charge on any atom is -0.454 e. The third kappa shape index (κ3) is 3.33. The van der Waals surface area contributed by atoms with Crippen LogP contribution in [0, 0.1) is 0 Å². The molecular weight excluding hydrogens is 402 g/mol. The van der Waals surface area contributed by atoms with Crippen molar-refractivity contribution in [2.45, 2.75) is 0 Å². The first-order valence-electron chi connectivity index (χ1n) is 6.84. The van der Waals surface area contributed by atoms with Crippen molar-refractivity contribution in [3.05, 3.63) is 27.1 Å².